The number of morpholine rings is 1. The molecule has 14 nitrogen and oxygen atoms in total. The topological polar surface area (TPSA) is 172 Å². The van der Waals surface area contributed by atoms with Crippen LogP contribution in [0.1, 0.15) is 41.5 Å². The monoisotopic (exact) mass is 671 g/mol. The summed E-state index contributed by atoms with van der Waals surface area (Å²) in [5.41, 5.74) is 1.08. The summed E-state index contributed by atoms with van der Waals surface area (Å²) in [4.78, 5) is 32.2. The molecule has 0 spiro atoms. The van der Waals surface area contributed by atoms with E-state index in [2.05, 4.69) is 30.6 Å². The van der Waals surface area contributed by atoms with Gasteiger partial charge in [0.15, 0.2) is 17.2 Å². The number of nitrogens with one attached hydrogen (secondary N) is 2. The molecule has 256 valence electrons. The van der Waals surface area contributed by atoms with Gasteiger partial charge in [-0.3, -0.25) is 23.6 Å². The number of alkyl halides is 3. The van der Waals surface area contributed by atoms with E-state index in [4.69, 9.17) is 19.4 Å². The van der Waals surface area contributed by atoms with Gasteiger partial charge in [-0.2, -0.15) is 23.5 Å². The molecule has 1 atom stereocenters. The fourth-order valence-electron chi connectivity index (χ4n) is 5.03. The van der Waals surface area contributed by atoms with Gasteiger partial charge in [0.2, 0.25) is 0 Å². The van der Waals surface area contributed by atoms with E-state index in [1.807, 2.05) is 19.1 Å². The first-order valence-corrected chi connectivity index (χ1v) is 15.1. The number of benzene rings is 1. The average Bonchev–Trinajstić information content (AvgIpc) is 3.72. The Morgan fingerprint density at radius 1 is 1.25 bits per heavy atom. The minimum atomic E-state index is -4.74. The number of carbonyl (C=O) groups excluding carboxylic acids is 1. The summed E-state index contributed by atoms with van der Waals surface area (Å²) < 4.78 is 55.1. The van der Waals surface area contributed by atoms with Crippen LogP contribution in [0.2, 0.25) is 0 Å². The highest BCUT2D eigenvalue weighted by molar-refractivity contribution is 5.96. The molecule has 0 saturated carbocycles. The van der Waals surface area contributed by atoms with Crippen molar-refractivity contribution in [2.45, 2.75) is 32.5 Å². The first-order valence-electron chi connectivity index (χ1n) is 15.1. The number of fused-ring (bicyclic) bond motifs is 1. The van der Waals surface area contributed by atoms with Gasteiger partial charge in [-0.05, 0) is 37.1 Å². The predicted molar refractivity (Wildman–Crippen MR) is 168 cm³/mol. The van der Waals surface area contributed by atoms with Crippen LogP contribution in [0.4, 0.5) is 24.7 Å². The number of amides is 1. The van der Waals surface area contributed by atoms with E-state index in [1.54, 1.807) is 12.1 Å². The summed E-state index contributed by atoms with van der Waals surface area (Å²) in [5, 5.41) is 25.8. The lowest BCUT2D eigenvalue weighted by molar-refractivity contribution is -0.141. The molecule has 1 unspecified atom stereocenters. The summed E-state index contributed by atoms with van der Waals surface area (Å²) >= 11 is 0. The molecule has 0 bridgehead atoms. The molecule has 1 aliphatic heterocycles. The highest BCUT2D eigenvalue weighted by Gasteiger charge is 2.39. The maximum atomic E-state index is 13.9. The number of nitrogens with zero attached hydrogens (tertiary/aromatic N) is 7. The highest BCUT2D eigenvalue weighted by atomic mass is 19.4. The molecule has 3 aromatic heterocycles. The van der Waals surface area contributed by atoms with Gasteiger partial charge in [-0.15, -0.1) is 0 Å². The molecule has 0 aliphatic carbocycles. The number of hydrogen-bond acceptors (Lipinski definition) is 10. The van der Waals surface area contributed by atoms with Crippen molar-refractivity contribution in [3.05, 3.63) is 59.8 Å². The number of carbonyl (C=O) groups is 2. The second kappa shape index (κ2) is 16.7. The second-order valence-electron chi connectivity index (χ2n) is 10.6. The lowest BCUT2D eigenvalue weighted by atomic mass is 10.0. The standard InChI is InChI=1S/C30H34F3N9O3.CH2O2/c1-3-21-16-22(4-5-23(21)29(43)36-7-12-44-13-9-40-10-14-45-15-11-40)38-27-28-37-18-25(41(28)8-6-35-27)24-19-42(20(2)17-34)39-26(24)30(31,32)33;2-1-3/h4-6,8,16,18-20H,3,7,9-15H2,1-2H3,(H,35,38)(H,36,43);1H,(H,2,3). The lowest BCUT2D eigenvalue weighted by Crippen LogP contribution is -2.38. The first-order chi connectivity index (χ1) is 23.1. The Morgan fingerprint density at radius 3 is 2.69 bits per heavy atom. The number of anilines is 2. The molecule has 1 aliphatic rings. The number of aryl methyl sites for hydroxylation is 1. The summed E-state index contributed by atoms with van der Waals surface area (Å²) in [5.74, 6) is 0.101. The van der Waals surface area contributed by atoms with Gasteiger partial charge in [0.25, 0.3) is 12.4 Å². The van der Waals surface area contributed by atoms with E-state index in [0.717, 1.165) is 43.1 Å². The quantitative estimate of drug-likeness (QED) is 0.148. The van der Waals surface area contributed by atoms with Gasteiger partial charge in [0, 0.05) is 56.0 Å². The number of ether oxygens (including phenoxy) is 2. The van der Waals surface area contributed by atoms with Crippen LogP contribution >= 0.6 is 0 Å². The van der Waals surface area contributed by atoms with E-state index in [0.29, 0.717) is 43.2 Å². The van der Waals surface area contributed by atoms with Gasteiger partial charge < -0.3 is 25.2 Å². The minimum absolute atomic E-state index is 0.144. The Morgan fingerprint density at radius 2 is 2.00 bits per heavy atom. The van der Waals surface area contributed by atoms with Crippen molar-refractivity contribution < 1.29 is 37.3 Å². The SMILES string of the molecule is CCc1cc(Nc2nccn3c(-c4cn(C(C)C#N)nc4C(F)(F)F)cnc23)ccc1C(=O)NCCOCCN1CCOCC1.O=CO. The van der Waals surface area contributed by atoms with Gasteiger partial charge in [0.05, 0.1) is 50.0 Å². The molecule has 0 radical (unpaired) electrons. The van der Waals surface area contributed by atoms with Crippen LogP contribution < -0.4 is 10.6 Å². The third kappa shape index (κ3) is 8.85. The van der Waals surface area contributed by atoms with E-state index >= 15 is 0 Å². The Kier molecular flexibility index (Phi) is 12.4. The minimum Gasteiger partial charge on any atom is -0.483 e. The lowest BCUT2D eigenvalue weighted by Gasteiger charge is -2.26. The Balaban J connectivity index is 0.00000167. The van der Waals surface area contributed by atoms with Crippen LogP contribution in [0.15, 0.2) is 43.0 Å². The van der Waals surface area contributed by atoms with Gasteiger partial charge in [-0.25, -0.2) is 9.97 Å². The van der Waals surface area contributed by atoms with Crippen molar-refractivity contribution in [3.8, 4) is 17.3 Å². The van der Waals surface area contributed by atoms with E-state index < -0.39 is 17.9 Å². The van der Waals surface area contributed by atoms with E-state index in [1.165, 1.54) is 36.1 Å². The molecule has 1 amide bonds. The molecule has 48 heavy (non-hydrogen) atoms. The van der Waals surface area contributed by atoms with Crippen molar-refractivity contribution in [1.29, 1.82) is 5.26 Å². The molecular formula is C31H36F3N9O5. The normalized spacial score (nSPS) is 14.1. The number of imidazole rings is 1. The number of halogens is 3. The van der Waals surface area contributed by atoms with Crippen molar-refractivity contribution in [2.24, 2.45) is 0 Å². The summed E-state index contributed by atoms with van der Waals surface area (Å²) in [6.07, 6.45) is 1.31. The Bertz CT molecular complexity index is 1730. The molecular weight excluding hydrogens is 635 g/mol. The smallest absolute Gasteiger partial charge is 0.435 e. The van der Waals surface area contributed by atoms with Crippen LogP contribution in [0.3, 0.4) is 0 Å². The van der Waals surface area contributed by atoms with E-state index in [-0.39, 0.29) is 29.3 Å². The van der Waals surface area contributed by atoms with Crippen molar-refractivity contribution >= 4 is 29.5 Å². The largest absolute Gasteiger partial charge is 0.483 e. The summed E-state index contributed by atoms with van der Waals surface area (Å²) in [7, 11) is 0. The van der Waals surface area contributed by atoms with E-state index in [9.17, 15) is 23.2 Å². The molecule has 1 saturated heterocycles. The van der Waals surface area contributed by atoms with Crippen LogP contribution in [-0.2, 0) is 26.9 Å². The predicted octanol–water partition coefficient (Wildman–Crippen LogP) is 3.78. The summed E-state index contributed by atoms with van der Waals surface area (Å²) in [6, 6.07) is 6.28. The Hall–Kier alpha value is -5.05. The molecule has 5 rings (SSSR count). The van der Waals surface area contributed by atoms with Crippen LogP contribution in [0, 0.1) is 11.3 Å². The number of nitriles is 1. The molecule has 1 aromatic carbocycles. The fraction of sp³-hybridized carbons (Fsp3) is 0.419. The van der Waals surface area contributed by atoms with Crippen molar-refractivity contribution in [2.75, 3.05) is 57.9 Å². The van der Waals surface area contributed by atoms with Gasteiger partial charge in [-0.1, -0.05) is 6.92 Å². The maximum absolute atomic E-state index is 13.9. The zero-order valence-corrected chi connectivity index (χ0v) is 26.4. The third-order valence-corrected chi connectivity index (χ3v) is 7.47. The average molecular weight is 672 g/mol. The van der Waals surface area contributed by atoms with Crippen LogP contribution in [-0.4, -0.2) is 99.1 Å². The second-order valence-corrected chi connectivity index (χ2v) is 10.6. The van der Waals surface area contributed by atoms with Crippen molar-refractivity contribution in [3.63, 3.8) is 0 Å². The Labute approximate surface area is 274 Å². The molecule has 17 heteroatoms. The number of carboxylic acid groups (broad SMARTS) is 1. The maximum Gasteiger partial charge on any atom is 0.435 e. The number of aromatic nitrogens is 5. The molecule has 4 heterocycles. The zero-order chi connectivity index (χ0) is 34.7. The van der Waals surface area contributed by atoms with Crippen LogP contribution in [0.5, 0.6) is 0 Å². The van der Waals surface area contributed by atoms with Crippen LogP contribution in [0.25, 0.3) is 16.9 Å². The van der Waals surface area contributed by atoms with Crippen molar-refractivity contribution in [1.82, 2.24) is 34.4 Å². The zero-order valence-electron chi connectivity index (χ0n) is 26.4. The molecule has 4 aromatic rings. The summed E-state index contributed by atoms with van der Waals surface area (Å²) in [6.45, 7) is 8.63. The number of hydrogen-bond donors (Lipinski definition) is 3. The van der Waals surface area contributed by atoms with Gasteiger partial charge >= 0.3 is 6.18 Å². The highest BCUT2D eigenvalue weighted by Crippen LogP contribution is 2.37. The van der Waals surface area contributed by atoms with Gasteiger partial charge in [0.1, 0.15) is 6.04 Å². The molecule has 1 fully saturated rings. The fourth-order valence-corrected chi connectivity index (χ4v) is 5.03. The third-order valence-electron chi connectivity index (χ3n) is 7.47. The number of rotatable bonds is 12. The molecule has 3 N–H and O–H groups in total. The first kappa shape index (κ1) is 35.8.